The van der Waals surface area contributed by atoms with Crippen molar-refractivity contribution in [2.45, 2.75) is 25.9 Å². The SMILES string of the molecule is Cc1ccc(C(F)(F)F)cc1NC(=O)CCCCl. The maximum absolute atomic E-state index is 12.5. The fourth-order valence-corrected chi connectivity index (χ4v) is 1.51. The first-order valence-corrected chi connectivity index (χ1v) is 5.91. The van der Waals surface area contributed by atoms with Gasteiger partial charge in [0.1, 0.15) is 0 Å². The quantitative estimate of drug-likeness (QED) is 0.830. The van der Waals surface area contributed by atoms with Crippen LogP contribution in [-0.4, -0.2) is 11.8 Å². The highest BCUT2D eigenvalue weighted by atomic mass is 35.5. The van der Waals surface area contributed by atoms with E-state index in [0.717, 1.165) is 12.1 Å². The van der Waals surface area contributed by atoms with Crippen molar-refractivity contribution in [2.24, 2.45) is 0 Å². The van der Waals surface area contributed by atoms with Gasteiger partial charge in [-0.1, -0.05) is 6.07 Å². The Kier molecular flexibility index (Phi) is 5.02. The first-order chi connectivity index (χ1) is 8.34. The van der Waals surface area contributed by atoms with Gasteiger partial charge in [0.05, 0.1) is 5.56 Å². The zero-order valence-corrected chi connectivity index (χ0v) is 10.5. The molecule has 0 heterocycles. The molecule has 0 saturated heterocycles. The van der Waals surface area contributed by atoms with Gasteiger partial charge in [0.2, 0.25) is 5.91 Å². The van der Waals surface area contributed by atoms with Crippen LogP contribution in [0.3, 0.4) is 0 Å². The molecule has 0 atom stereocenters. The number of hydrogen-bond acceptors (Lipinski definition) is 1. The Hall–Kier alpha value is -1.23. The monoisotopic (exact) mass is 279 g/mol. The van der Waals surface area contributed by atoms with Crippen LogP contribution in [0, 0.1) is 6.92 Å². The Morgan fingerprint density at radius 2 is 2.06 bits per heavy atom. The van der Waals surface area contributed by atoms with Crippen molar-refractivity contribution in [3.8, 4) is 0 Å². The Bertz CT molecular complexity index is 432. The van der Waals surface area contributed by atoms with Gasteiger partial charge in [0.25, 0.3) is 0 Å². The Labute approximate surface area is 108 Å². The molecule has 1 N–H and O–H groups in total. The molecule has 0 saturated carbocycles. The van der Waals surface area contributed by atoms with Crippen molar-refractivity contribution in [3.05, 3.63) is 29.3 Å². The smallest absolute Gasteiger partial charge is 0.326 e. The molecule has 1 aromatic rings. The average Bonchev–Trinajstić information content (AvgIpc) is 2.28. The van der Waals surface area contributed by atoms with E-state index in [9.17, 15) is 18.0 Å². The van der Waals surface area contributed by atoms with E-state index in [2.05, 4.69) is 5.32 Å². The van der Waals surface area contributed by atoms with Crippen LogP contribution < -0.4 is 5.32 Å². The van der Waals surface area contributed by atoms with Gasteiger partial charge in [-0.25, -0.2) is 0 Å². The lowest BCUT2D eigenvalue weighted by Gasteiger charge is -2.12. The van der Waals surface area contributed by atoms with Gasteiger partial charge in [-0.3, -0.25) is 4.79 Å². The van der Waals surface area contributed by atoms with Crippen molar-refractivity contribution < 1.29 is 18.0 Å². The van der Waals surface area contributed by atoms with Crippen LogP contribution >= 0.6 is 11.6 Å². The van der Waals surface area contributed by atoms with E-state index in [-0.39, 0.29) is 18.0 Å². The Balaban J connectivity index is 2.85. The van der Waals surface area contributed by atoms with E-state index >= 15 is 0 Å². The molecule has 0 fully saturated rings. The van der Waals surface area contributed by atoms with Crippen LogP contribution in [0.4, 0.5) is 18.9 Å². The third-order valence-electron chi connectivity index (χ3n) is 2.38. The van der Waals surface area contributed by atoms with Gasteiger partial charge < -0.3 is 5.32 Å². The van der Waals surface area contributed by atoms with Crippen LogP contribution in [0.5, 0.6) is 0 Å². The van der Waals surface area contributed by atoms with E-state index in [1.807, 2.05) is 0 Å². The number of halogens is 4. The van der Waals surface area contributed by atoms with E-state index in [4.69, 9.17) is 11.6 Å². The summed E-state index contributed by atoms with van der Waals surface area (Å²) < 4.78 is 37.5. The second kappa shape index (κ2) is 6.09. The number of anilines is 1. The Morgan fingerprint density at radius 1 is 1.39 bits per heavy atom. The first-order valence-electron chi connectivity index (χ1n) is 5.38. The molecule has 0 unspecified atom stereocenters. The third kappa shape index (κ3) is 4.22. The molecule has 1 aromatic carbocycles. The molecule has 6 heteroatoms. The summed E-state index contributed by atoms with van der Waals surface area (Å²) in [6, 6.07) is 3.26. The molecule has 1 amide bonds. The number of amides is 1. The van der Waals surface area contributed by atoms with Crippen LogP contribution in [0.15, 0.2) is 18.2 Å². The molecule has 0 spiro atoms. The summed E-state index contributed by atoms with van der Waals surface area (Å²) in [4.78, 5) is 11.4. The number of benzene rings is 1. The zero-order chi connectivity index (χ0) is 13.8. The third-order valence-corrected chi connectivity index (χ3v) is 2.64. The van der Waals surface area contributed by atoms with Gasteiger partial charge >= 0.3 is 6.18 Å². The maximum Gasteiger partial charge on any atom is 0.416 e. The molecule has 2 nitrogen and oxygen atoms in total. The molecular formula is C12H13ClF3NO. The summed E-state index contributed by atoms with van der Waals surface area (Å²) in [6.45, 7) is 1.64. The topological polar surface area (TPSA) is 29.1 Å². The van der Waals surface area contributed by atoms with Gasteiger partial charge in [-0.2, -0.15) is 13.2 Å². The molecule has 0 bridgehead atoms. The van der Waals surface area contributed by atoms with Gasteiger partial charge in [0, 0.05) is 18.0 Å². The lowest BCUT2D eigenvalue weighted by Crippen LogP contribution is -2.14. The predicted octanol–water partition coefficient (Wildman–Crippen LogP) is 3.97. The van der Waals surface area contributed by atoms with Gasteiger partial charge in [0.15, 0.2) is 0 Å². The summed E-state index contributed by atoms with van der Waals surface area (Å²) >= 11 is 5.44. The van der Waals surface area contributed by atoms with Crippen molar-refractivity contribution in [2.75, 3.05) is 11.2 Å². The lowest BCUT2D eigenvalue weighted by atomic mass is 10.1. The van der Waals surface area contributed by atoms with Crippen molar-refractivity contribution in [1.29, 1.82) is 0 Å². The first kappa shape index (κ1) is 14.8. The fourth-order valence-electron chi connectivity index (χ4n) is 1.37. The number of rotatable bonds is 4. The number of carbonyl (C=O) groups excluding carboxylic acids is 1. The van der Waals surface area contributed by atoms with E-state index in [0.29, 0.717) is 17.9 Å². The predicted molar refractivity (Wildman–Crippen MR) is 64.8 cm³/mol. The van der Waals surface area contributed by atoms with Crippen LogP contribution in [0.25, 0.3) is 0 Å². The highest BCUT2D eigenvalue weighted by Gasteiger charge is 2.30. The summed E-state index contributed by atoms with van der Waals surface area (Å²) in [5.41, 5.74) is -0.00707. The van der Waals surface area contributed by atoms with Crippen LogP contribution in [0.2, 0.25) is 0 Å². The van der Waals surface area contributed by atoms with Crippen molar-refractivity contribution in [3.63, 3.8) is 0 Å². The van der Waals surface area contributed by atoms with Gasteiger partial charge in [-0.15, -0.1) is 11.6 Å². The molecule has 0 aliphatic carbocycles. The Morgan fingerprint density at radius 3 is 2.61 bits per heavy atom. The lowest BCUT2D eigenvalue weighted by molar-refractivity contribution is -0.137. The standard InChI is InChI=1S/C12H13ClF3NO/c1-8-4-5-9(12(14,15)16)7-10(8)17-11(18)3-2-6-13/h4-5,7H,2-3,6H2,1H3,(H,17,18). The van der Waals surface area contributed by atoms with E-state index in [1.54, 1.807) is 6.92 Å². The minimum absolute atomic E-state index is 0.185. The summed E-state index contributed by atoms with van der Waals surface area (Å²) in [6.07, 6.45) is -3.73. The molecule has 100 valence electrons. The minimum atomic E-state index is -4.41. The summed E-state index contributed by atoms with van der Waals surface area (Å²) in [7, 11) is 0. The summed E-state index contributed by atoms with van der Waals surface area (Å²) in [5.74, 6) is 0.00714. The highest BCUT2D eigenvalue weighted by molar-refractivity contribution is 6.18. The van der Waals surface area contributed by atoms with E-state index < -0.39 is 11.7 Å². The number of aryl methyl sites for hydroxylation is 1. The van der Waals surface area contributed by atoms with Gasteiger partial charge in [-0.05, 0) is 31.0 Å². The zero-order valence-electron chi connectivity index (χ0n) is 9.77. The van der Waals surface area contributed by atoms with Crippen LogP contribution in [0.1, 0.15) is 24.0 Å². The van der Waals surface area contributed by atoms with Crippen molar-refractivity contribution >= 4 is 23.2 Å². The number of hydrogen-bond donors (Lipinski definition) is 1. The van der Waals surface area contributed by atoms with Crippen molar-refractivity contribution in [1.82, 2.24) is 0 Å². The second-order valence-corrected chi connectivity index (χ2v) is 4.25. The molecule has 18 heavy (non-hydrogen) atoms. The largest absolute Gasteiger partial charge is 0.416 e. The maximum atomic E-state index is 12.5. The molecule has 1 rings (SSSR count). The highest BCUT2D eigenvalue weighted by Crippen LogP contribution is 2.32. The number of carbonyl (C=O) groups is 1. The average molecular weight is 280 g/mol. The number of alkyl halides is 4. The fraction of sp³-hybridized carbons (Fsp3) is 0.417. The normalized spacial score (nSPS) is 11.4. The summed E-state index contributed by atoms with van der Waals surface area (Å²) in [5, 5.41) is 2.46. The molecule has 0 aliphatic rings. The molecule has 0 aliphatic heterocycles. The van der Waals surface area contributed by atoms with E-state index in [1.165, 1.54) is 6.07 Å². The van der Waals surface area contributed by atoms with Crippen LogP contribution in [-0.2, 0) is 11.0 Å². The number of nitrogens with one attached hydrogen (secondary N) is 1. The minimum Gasteiger partial charge on any atom is -0.326 e. The molecule has 0 aromatic heterocycles. The molecular weight excluding hydrogens is 267 g/mol. The molecule has 0 radical (unpaired) electrons. The second-order valence-electron chi connectivity index (χ2n) is 3.87.